The van der Waals surface area contributed by atoms with Crippen LogP contribution in [0.15, 0.2) is 62.4 Å². The number of sulfonamides is 1. The highest BCUT2D eigenvalue weighted by atomic mass is 79.9. The van der Waals surface area contributed by atoms with Gasteiger partial charge in [0.15, 0.2) is 0 Å². The van der Waals surface area contributed by atoms with Gasteiger partial charge in [-0.2, -0.15) is 0 Å². The van der Waals surface area contributed by atoms with Gasteiger partial charge in [0.1, 0.15) is 0 Å². The number of carbonyl (C=O) groups is 1. The molecule has 0 saturated heterocycles. The predicted molar refractivity (Wildman–Crippen MR) is 105 cm³/mol. The first-order valence-electron chi connectivity index (χ1n) is 7.89. The molecule has 0 bridgehead atoms. The third-order valence-corrected chi connectivity index (χ3v) is 5.79. The van der Waals surface area contributed by atoms with Crippen LogP contribution in [0.5, 0.6) is 0 Å². The second-order valence-electron chi connectivity index (χ2n) is 5.81. The van der Waals surface area contributed by atoms with Gasteiger partial charge < -0.3 is 9.84 Å². The molecular formula is C18H16BrN3O4S. The zero-order valence-corrected chi connectivity index (χ0v) is 16.9. The molecule has 0 aliphatic carbocycles. The zero-order chi connectivity index (χ0) is 19.6. The van der Waals surface area contributed by atoms with Crippen LogP contribution in [-0.2, 0) is 10.0 Å². The van der Waals surface area contributed by atoms with E-state index in [9.17, 15) is 13.2 Å². The lowest BCUT2D eigenvalue weighted by molar-refractivity contribution is 0.102. The van der Waals surface area contributed by atoms with Crippen molar-refractivity contribution in [2.45, 2.75) is 18.7 Å². The highest BCUT2D eigenvalue weighted by Crippen LogP contribution is 2.23. The molecule has 2 aromatic carbocycles. The van der Waals surface area contributed by atoms with Crippen molar-refractivity contribution in [1.29, 1.82) is 0 Å². The second kappa shape index (κ2) is 7.53. The Morgan fingerprint density at radius 2 is 1.67 bits per heavy atom. The molecule has 0 atom stereocenters. The molecule has 140 valence electrons. The Morgan fingerprint density at radius 1 is 1.04 bits per heavy atom. The Hall–Kier alpha value is -2.65. The molecule has 1 aromatic heterocycles. The van der Waals surface area contributed by atoms with Crippen LogP contribution in [0.3, 0.4) is 0 Å². The first kappa shape index (κ1) is 19.1. The fourth-order valence-electron chi connectivity index (χ4n) is 2.21. The molecule has 2 N–H and O–H groups in total. The summed E-state index contributed by atoms with van der Waals surface area (Å²) in [6.07, 6.45) is 0. The van der Waals surface area contributed by atoms with Crippen LogP contribution >= 0.6 is 15.9 Å². The van der Waals surface area contributed by atoms with Crippen molar-refractivity contribution in [1.82, 2.24) is 5.16 Å². The molecule has 3 rings (SSSR count). The number of rotatable bonds is 5. The molecule has 9 heteroatoms. The van der Waals surface area contributed by atoms with Crippen molar-refractivity contribution >= 4 is 43.4 Å². The summed E-state index contributed by atoms with van der Waals surface area (Å²) in [5.41, 5.74) is 2.21. The van der Waals surface area contributed by atoms with Crippen LogP contribution < -0.4 is 10.0 Å². The van der Waals surface area contributed by atoms with Crippen LogP contribution in [0, 0.1) is 13.8 Å². The number of nitrogens with one attached hydrogen (secondary N) is 2. The van der Waals surface area contributed by atoms with E-state index in [-0.39, 0.29) is 16.7 Å². The molecule has 3 aromatic rings. The summed E-state index contributed by atoms with van der Waals surface area (Å²) in [5, 5.41) is 6.44. The lowest BCUT2D eigenvalue weighted by atomic mass is 10.2. The van der Waals surface area contributed by atoms with E-state index >= 15 is 0 Å². The number of halogens is 1. The maximum Gasteiger partial charge on any atom is 0.264 e. The first-order chi connectivity index (χ1) is 12.8. The monoisotopic (exact) mass is 449 g/mol. The summed E-state index contributed by atoms with van der Waals surface area (Å²) >= 11 is 3.31. The normalized spacial score (nSPS) is 11.2. The van der Waals surface area contributed by atoms with Crippen LogP contribution in [-0.4, -0.2) is 19.5 Å². The van der Waals surface area contributed by atoms with E-state index in [1.54, 1.807) is 38.1 Å². The lowest BCUT2D eigenvalue weighted by Gasteiger charge is -2.08. The number of amides is 1. The fourth-order valence-corrected chi connectivity index (χ4v) is 3.52. The molecule has 0 unspecified atom stereocenters. The fraction of sp³-hybridized carbons (Fsp3) is 0.111. The highest BCUT2D eigenvalue weighted by Gasteiger charge is 2.19. The van der Waals surface area contributed by atoms with E-state index in [0.29, 0.717) is 22.5 Å². The van der Waals surface area contributed by atoms with E-state index < -0.39 is 10.0 Å². The van der Waals surface area contributed by atoms with Crippen molar-refractivity contribution in [3.05, 3.63) is 69.8 Å². The highest BCUT2D eigenvalue weighted by molar-refractivity contribution is 9.10. The number of benzene rings is 2. The van der Waals surface area contributed by atoms with E-state index in [1.165, 1.54) is 24.3 Å². The lowest BCUT2D eigenvalue weighted by Crippen LogP contribution is -2.14. The minimum atomic E-state index is -3.83. The van der Waals surface area contributed by atoms with Gasteiger partial charge in [-0.25, -0.2) is 13.1 Å². The molecule has 27 heavy (non-hydrogen) atoms. The minimum Gasteiger partial charge on any atom is -0.337 e. The summed E-state index contributed by atoms with van der Waals surface area (Å²) in [7, 11) is -3.83. The Balaban J connectivity index is 1.73. The van der Waals surface area contributed by atoms with Crippen molar-refractivity contribution in [2.24, 2.45) is 0 Å². The molecule has 0 aliphatic heterocycles. The van der Waals surface area contributed by atoms with E-state index in [4.69, 9.17) is 4.52 Å². The van der Waals surface area contributed by atoms with Crippen molar-refractivity contribution in [3.63, 3.8) is 0 Å². The summed E-state index contributed by atoms with van der Waals surface area (Å²) in [6.45, 7) is 3.43. The quantitative estimate of drug-likeness (QED) is 0.610. The SMILES string of the molecule is Cc1noc(NS(=O)(=O)c2ccc(NC(=O)c3ccc(Br)cc3)cc2)c1C. The number of hydrogen-bond donors (Lipinski definition) is 2. The summed E-state index contributed by atoms with van der Waals surface area (Å²) in [5.74, 6) is -0.205. The molecule has 0 saturated carbocycles. The Labute approximate surface area is 164 Å². The Morgan fingerprint density at radius 3 is 2.22 bits per heavy atom. The number of nitrogens with zero attached hydrogens (tertiary/aromatic N) is 1. The van der Waals surface area contributed by atoms with E-state index in [2.05, 4.69) is 31.1 Å². The molecule has 0 radical (unpaired) electrons. The van der Waals surface area contributed by atoms with Gasteiger partial charge in [0.05, 0.1) is 10.6 Å². The average Bonchev–Trinajstić information content (AvgIpc) is 2.94. The van der Waals surface area contributed by atoms with Gasteiger partial charge in [0.2, 0.25) is 5.88 Å². The smallest absolute Gasteiger partial charge is 0.264 e. The summed E-state index contributed by atoms with van der Waals surface area (Å²) in [4.78, 5) is 12.3. The second-order valence-corrected chi connectivity index (χ2v) is 8.41. The Bertz CT molecular complexity index is 1070. The van der Waals surface area contributed by atoms with Crippen LogP contribution in [0.4, 0.5) is 11.6 Å². The van der Waals surface area contributed by atoms with Crippen LogP contribution in [0.25, 0.3) is 0 Å². The number of hydrogen-bond acceptors (Lipinski definition) is 5. The van der Waals surface area contributed by atoms with Crippen molar-refractivity contribution in [3.8, 4) is 0 Å². The molecular weight excluding hydrogens is 434 g/mol. The molecule has 0 fully saturated rings. The molecule has 1 heterocycles. The molecule has 7 nitrogen and oxygen atoms in total. The molecule has 0 spiro atoms. The zero-order valence-electron chi connectivity index (χ0n) is 14.5. The number of aromatic nitrogens is 1. The van der Waals surface area contributed by atoms with E-state index in [1.807, 2.05) is 0 Å². The third kappa shape index (κ3) is 4.37. The number of anilines is 2. The van der Waals surface area contributed by atoms with Crippen molar-refractivity contribution < 1.29 is 17.7 Å². The number of aryl methyl sites for hydroxylation is 1. The van der Waals surface area contributed by atoms with Crippen LogP contribution in [0.2, 0.25) is 0 Å². The maximum absolute atomic E-state index is 12.5. The minimum absolute atomic E-state index is 0.0394. The van der Waals surface area contributed by atoms with Crippen LogP contribution in [0.1, 0.15) is 21.6 Å². The number of carbonyl (C=O) groups excluding carboxylic acids is 1. The summed E-state index contributed by atoms with van der Waals surface area (Å²) < 4.78 is 33.1. The average molecular weight is 450 g/mol. The van der Waals surface area contributed by atoms with Gasteiger partial charge in [0.25, 0.3) is 15.9 Å². The van der Waals surface area contributed by atoms with E-state index in [0.717, 1.165) is 4.47 Å². The van der Waals surface area contributed by atoms with Gasteiger partial charge in [-0.15, -0.1) is 0 Å². The predicted octanol–water partition coefficient (Wildman–Crippen LogP) is 4.11. The van der Waals surface area contributed by atoms with Gasteiger partial charge in [-0.3, -0.25) is 4.79 Å². The third-order valence-electron chi connectivity index (χ3n) is 3.91. The maximum atomic E-state index is 12.5. The topological polar surface area (TPSA) is 101 Å². The Kier molecular flexibility index (Phi) is 5.33. The van der Waals surface area contributed by atoms with Gasteiger partial charge in [-0.1, -0.05) is 21.1 Å². The van der Waals surface area contributed by atoms with Gasteiger partial charge in [-0.05, 0) is 62.4 Å². The van der Waals surface area contributed by atoms with Gasteiger partial charge in [0, 0.05) is 21.3 Å². The largest absolute Gasteiger partial charge is 0.337 e. The first-order valence-corrected chi connectivity index (χ1v) is 10.2. The molecule has 1 amide bonds. The summed E-state index contributed by atoms with van der Waals surface area (Å²) in [6, 6.07) is 12.7. The molecule has 0 aliphatic rings. The van der Waals surface area contributed by atoms with Crippen molar-refractivity contribution in [2.75, 3.05) is 10.0 Å². The standard InChI is InChI=1S/C18H16BrN3O4S/c1-11-12(2)21-26-18(11)22-27(24,25)16-9-7-15(8-10-16)20-17(23)13-3-5-14(19)6-4-13/h3-10,22H,1-2H3,(H,20,23). The van der Waals surface area contributed by atoms with Gasteiger partial charge >= 0.3 is 0 Å².